The van der Waals surface area contributed by atoms with E-state index in [1.807, 2.05) is 0 Å². The van der Waals surface area contributed by atoms with E-state index in [2.05, 4.69) is 5.32 Å². The van der Waals surface area contributed by atoms with Crippen molar-refractivity contribution in [2.75, 3.05) is 20.1 Å². The van der Waals surface area contributed by atoms with Gasteiger partial charge in [-0.3, -0.25) is 4.79 Å². The maximum Gasteiger partial charge on any atom is 0.251 e. The molecule has 1 amide bonds. The molecule has 1 aromatic carbocycles. The van der Waals surface area contributed by atoms with Gasteiger partial charge < -0.3 is 11.1 Å². The average Bonchev–Trinajstić information content (AvgIpc) is 2.85. The van der Waals surface area contributed by atoms with Gasteiger partial charge in [0.25, 0.3) is 5.91 Å². The van der Waals surface area contributed by atoms with Crippen molar-refractivity contribution >= 4 is 15.9 Å². The Morgan fingerprint density at radius 3 is 2.47 bits per heavy atom. The van der Waals surface area contributed by atoms with Crippen LogP contribution in [0.5, 0.6) is 0 Å². The number of nitrogens with two attached hydrogens (primary N) is 1. The number of sulfonamides is 1. The molecule has 1 aromatic rings. The van der Waals surface area contributed by atoms with E-state index >= 15 is 0 Å². The summed E-state index contributed by atoms with van der Waals surface area (Å²) in [7, 11) is -1.97. The number of nitrogens with zero attached hydrogens (tertiary/aromatic N) is 1. The summed E-state index contributed by atoms with van der Waals surface area (Å²) in [6.45, 7) is 0.792. The highest BCUT2D eigenvalue weighted by Crippen LogP contribution is 2.20. The highest BCUT2D eigenvalue weighted by molar-refractivity contribution is 7.89. The SMILES string of the molecule is CNC(=O)c1ccc(S(=O)(=O)N2CCC(N)C2)cc1. The highest BCUT2D eigenvalue weighted by atomic mass is 32.2. The van der Waals surface area contributed by atoms with Gasteiger partial charge in [0.2, 0.25) is 10.0 Å². The molecule has 0 aliphatic carbocycles. The maximum absolute atomic E-state index is 12.3. The molecule has 2 rings (SSSR count). The fourth-order valence-electron chi connectivity index (χ4n) is 2.04. The predicted molar refractivity (Wildman–Crippen MR) is 71.2 cm³/mol. The summed E-state index contributed by atoms with van der Waals surface area (Å²) in [6, 6.07) is 5.80. The van der Waals surface area contributed by atoms with Crippen LogP contribution in [-0.2, 0) is 10.0 Å². The summed E-state index contributed by atoms with van der Waals surface area (Å²) < 4.78 is 26.0. The third-order valence-corrected chi connectivity index (χ3v) is 5.05. The van der Waals surface area contributed by atoms with Gasteiger partial charge in [0, 0.05) is 31.7 Å². The quantitative estimate of drug-likeness (QED) is 0.801. The first-order valence-electron chi connectivity index (χ1n) is 6.03. The number of amides is 1. The van der Waals surface area contributed by atoms with Gasteiger partial charge in [-0.15, -0.1) is 0 Å². The molecule has 1 heterocycles. The molecule has 0 spiro atoms. The normalized spacial score (nSPS) is 20.4. The Kier molecular flexibility index (Phi) is 3.88. The second-order valence-corrected chi connectivity index (χ2v) is 6.45. The molecular formula is C12H17N3O3S. The Labute approximate surface area is 112 Å². The monoisotopic (exact) mass is 283 g/mol. The second kappa shape index (κ2) is 5.28. The fraction of sp³-hybridized carbons (Fsp3) is 0.417. The minimum absolute atomic E-state index is 0.0973. The molecule has 0 saturated carbocycles. The van der Waals surface area contributed by atoms with E-state index < -0.39 is 10.0 Å². The molecular weight excluding hydrogens is 266 g/mol. The van der Waals surface area contributed by atoms with Gasteiger partial charge in [0.15, 0.2) is 0 Å². The van der Waals surface area contributed by atoms with Crippen LogP contribution in [-0.4, -0.2) is 44.8 Å². The van der Waals surface area contributed by atoms with Crippen LogP contribution in [0.1, 0.15) is 16.8 Å². The number of hydrogen-bond donors (Lipinski definition) is 2. The Hall–Kier alpha value is -1.44. The molecule has 0 radical (unpaired) electrons. The average molecular weight is 283 g/mol. The van der Waals surface area contributed by atoms with Crippen molar-refractivity contribution in [1.82, 2.24) is 9.62 Å². The number of carbonyl (C=O) groups excluding carboxylic acids is 1. The third-order valence-electron chi connectivity index (χ3n) is 3.17. The second-order valence-electron chi connectivity index (χ2n) is 4.52. The first kappa shape index (κ1) is 14.0. The Morgan fingerprint density at radius 1 is 1.37 bits per heavy atom. The molecule has 6 nitrogen and oxygen atoms in total. The molecule has 1 fully saturated rings. The summed E-state index contributed by atoms with van der Waals surface area (Å²) in [4.78, 5) is 11.6. The van der Waals surface area contributed by atoms with E-state index in [0.29, 0.717) is 25.1 Å². The van der Waals surface area contributed by atoms with Crippen LogP contribution < -0.4 is 11.1 Å². The maximum atomic E-state index is 12.3. The predicted octanol–water partition coefficient (Wildman–Crippen LogP) is -0.232. The number of benzene rings is 1. The van der Waals surface area contributed by atoms with Gasteiger partial charge in [-0.1, -0.05) is 0 Å². The van der Waals surface area contributed by atoms with Gasteiger partial charge in [-0.05, 0) is 30.7 Å². The highest BCUT2D eigenvalue weighted by Gasteiger charge is 2.30. The zero-order valence-electron chi connectivity index (χ0n) is 10.7. The minimum atomic E-state index is -3.50. The van der Waals surface area contributed by atoms with Crippen molar-refractivity contribution < 1.29 is 13.2 Å². The summed E-state index contributed by atoms with van der Waals surface area (Å²) in [5, 5.41) is 2.49. The van der Waals surface area contributed by atoms with E-state index in [1.165, 1.54) is 35.6 Å². The van der Waals surface area contributed by atoms with Crippen LogP contribution in [0.15, 0.2) is 29.2 Å². The van der Waals surface area contributed by atoms with E-state index in [0.717, 1.165) is 0 Å². The molecule has 0 aromatic heterocycles. The number of rotatable bonds is 3. The Balaban J connectivity index is 2.24. The smallest absolute Gasteiger partial charge is 0.251 e. The van der Waals surface area contributed by atoms with E-state index in [1.54, 1.807) is 0 Å². The lowest BCUT2D eigenvalue weighted by molar-refractivity contribution is 0.0963. The van der Waals surface area contributed by atoms with Crippen molar-refractivity contribution in [1.29, 1.82) is 0 Å². The van der Waals surface area contributed by atoms with E-state index in [4.69, 9.17) is 5.73 Å². The Morgan fingerprint density at radius 2 is 2.00 bits per heavy atom. The molecule has 1 aliphatic rings. The molecule has 1 atom stereocenters. The molecule has 7 heteroatoms. The van der Waals surface area contributed by atoms with Gasteiger partial charge in [0.1, 0.15) is 0 Å². The van der Waals surface area contributed by atoms with Gasteiger partial charge >= 0.3 is 0 Å². The van der Waals surface area contributed by atoms with Crippen LogP contribution in [0.4, 0.5) is 0 Å². The van der Waals surface area contributed by atoms with Crippen LogP contribution in [0.2, 0.25) is 0 Å². The summed E-state index contributed by atoms with van der Waals surface area (Å²) in [5.41, 5.74) is 6.15. The van der Waals surface area contributed by atoms with Crippen LogP contribution in [0.25, 0.3) is 0 Å². The summed E-state index contributed by atoms with van der Waals surface area (Å²) in [5.74, 6) is -0.243. The number of nitrogens with one attached hydrogen (secondary N) is 1. The molecule has 1 unspecified atom stereocenters. The number of hydrogen-bond acceptors (Lipinski definition) is 4. The van der Waals surface area contributed by atoms with E-state index in [-0.39, 0.29) is 16.8 Å². The van der Waals surface area contributed by atoms with Crippen LogP contribution in [0, 0.1) is 0 Å². The Bertz CT molecular complexity index is 568. The van der Waals surface area contributed by atoms with Crippen LogP contribution >= 0.6 is 0 Å². The van der Waals surface area contributed by atoms with Crippen molar-refractivity contribution in [2.45, 2.75) is 17.4 Å². The minimum Gasteiger partial charge on any atom is -0.355 e. The molecule has 104 valence electrons. The zero-order chi connectivity index (χ0) is 14.0. The lowest BCUT2D eigenvalue weighted by Gasteiger charge is -2.16. The van der Waals surface area contributed by atoms with Crippen molar-refractivity contribution in [3.63, 3.8) is 0 Å². The zero-order valence-corrected chi connectivity index (χ0v) is 11.5. The summed E-state index contributed by atoms with van der Waals surface area (Å²) in [6.07, 6.45) is 0.676. The van der Waals surface area contributed by atoms with Crippen molar-refractivity contribution in [3.05, 3.63) is 29.8 Å². The lowest BCUT2D eigenvalue weighted by Crippen LogP contribution is -2.32. The standard InChI is InChI=1S/C12H17N3O3S/c1-14-12(16)9-2-4-11(5-3-9)19(17,18)15-7-6-10(13)8-15/h2-5,10H,6-8,13H2,1H3,(H,14,16). The van der Waals surface area contributed by atoms with E-state index in [9.17, 15) is 13.2 Å². The fourth-order valence-corrected chi connectivity index (χ4v) is 3.56. The molecule has 3 N–H and O–H groups in total. The third kappa shape index (κ3) is 2.78. The van der Waals surface area contributed by atoms with Crippen LogP contribution in [0.3, 0.4) is 0 Å². The largest absolute Gasteiger partial charge is 0.355 e. The van der Waals surface area contributed by atoms with Crippen molar-refractivity contribution in [3.8, 4) is 0 Å². The molecule has 19 heavy (non-hydrogen) atoms. The molecule has 1 saturated heterocycles. The summed E-state index contributed by atoms with van der Waals surface area (Å²) >= 11 is 0. The first-order valence-corrected chi connectivity index (χ1v) is 7.47. The molecule has 1 aliphatic heterocycles. The lowest BCUT2D eigenvalue weighted by atomic mass is 10.2. The number of carbonyl (C=O) groups is 1. The van der Waals surface area contributed by atoms with Crippen molar-refractivity contribution in [2.24, 2.45) is 5.73 Å². The van der Waals surface area contributed by atoms with Gasteiger partial charge in [0.05, 0.1) is 4.90 Å². The van der Waals surface area contributed by atoms with Gasteiger partial charge in [-0.25, -0.2) is 8.42 Å². The molecule has 0 bridgehead atoms. The van der Waals surface area contributed by atoms with Gasteiger partial charge in [-0.2, -0.15) is 4.31 Å². The topological polar surface area (TPSA) is 92.5 Å². The first-order chi connectivity index (χ1) is 8.95.